The first-order valence-corrected chi connectivity index (χ1v) is 6.14. The molecule has 2 nitrogen and oxygen atoms in total. The maximum absolute atomic E-state index is 5.82. The highest BCUT2D eigenvalue weighted by atomic mass is 14.9. The molecular weight excluding hydrogens is 184 g/mol. The molecule has 1 aliphatic carbocycles. The third kappa shape index (κ3) is 4.24. The summed E-state index contributed by atoms with van der Waals surface area (Å²) in [4.78, 5) is 0. The summed E-state index contributed by atoms with van der Waals surface area (Å²) < 4.78 is 0. The fourth-order valence-corrected chi connectivity index (χ4v) is 2.62. The van der Waals surface area contributed by atoms with Gasteiger partial charge < -0.3 is 11.1 Å². The van der Waals surface area contributed by atoms with Gasteiger partial charge in [-0.05, 0) is 24.7 Å². The zero-order valence-electron chi connectivity index (χ0n) is 9.84. The summed E-state index contributed by atoms with van der Waals surface area (Å²) in [5.41, 5.74) is 5.82. The molecule has 0 aromatic heterocycles. The van der Waals surface area contributed by atoms with Crippen LogP contribution in [0.25, 0.3) is 0 Å². The van der Waals surface area contributed by atoms with Gasteiger partial charge in [0.2, 0.25) is 0 Å². The molecule has 0 aliphatic heterocycles. The minimum atomic E-state index is 0.473. The number of nitrogens with two attached hydrogens (primary N) is 1. The first-order chi connectivity index (χ1) is 7.27. The van der Waals surface area contributed by atoms with Crippen LogP contribution >= 0.6 is 0 Å². The Bertz CT molecular complexity index is 207. The zero-order chi connectivity index (χ0) is 11.1. The van der Waals surface area contributed by atoms with E-state index in [2.05, 4.69) is 18.2 Å². The van der Waals surface area contributed by atoms with Gasteiger partial charge in [-0.15, -0.1) is 12.3 Å². The maximum atomic E-state index is 5.82. The monoisotopic (exact) mass is 208 g/mol. The molecule has 3 atom stereocenters. The first-order valence-electron chi connectivity index (χ1n) is 6.14. The van der Waals surface area contributed by atoms with Crippen LogP contribution in [0.2, 0.25) is 0 Å². The van der Waals surface area contributed by atoms with Crippen LogP contribution < -0.4 is 11.1 Å². The van der Waals surface area contributed by atoms with Gasteiger partial charge in [0.15, 0.2) is 0 Å². The summed E-state index contributed by atoms with van der Waals surface area (Å²) in [6.45, 7) is 3.99. The molecule has 2 heteroatoms. The van der Waals surface area contributed by atoms with Gasteiger partial charge in [-0.25, -0.2) is 0 Å². The lowest BCUT2D eigenvalue weighted by atomic mass is 9.78. The molecule has 0 radical (unpaired) electrons. The molecule has 1 saturated carbocycles. The summed E-state index contributed by atoms with van der Waals surface area (Å²) in [7, 11) is 0. The van der Waals surface area contributed by atoms with Gasteiger partial charge in [0.1, 0.15) is 0 Å². The van der Waals surface area contributed by atoms with Crippen molar-refractivity contribution in [3.8, 4) is 12.3 Å². The van der Waals surface area contributed by atoms with Crippen molar-refractivity contribution in [3.63, 3.8) is 0 Å². The Hall–Kier alpha value is -0.520. The molecule has 0 saturated heterocycles. The van der Waals surface area contributed by atoms with Crippen molar-refractivity contribution < 1.29 is 0 Å². The fraction of sp³-hybridized carbons (Fsp3) is 0.846. The average molecular weight is 208 g/mol. The SMILES string of the molecule is C#CCCNC(CN)C1CCCC(C)C1. The topological polar surface area (TPSA) is 38.0 Å². The lowest BCUT2D eigenvalue weighted by Crippen LogP contribution is -2.44. The number of rotatable bonds is 5. The molecule has 0 heterocycles. The first kappa shape index (κ1) is 12.5. The van der Waals surface area contributed by atoms with E-state index in [9.17, 15) is 0 Å². The van der Waals surface area contributed by atoms with Crippen LogP contribution in [0.1, 0.15) is 39.0 Å². The van der Waals surface area contributed by atoms with Crippen LogP contribution in [-0.4, -0.2) is 19.1 Å². The van der Waals surface area contributed by atoms with Crippen LogP contribution in [-0.2, 0) is 0 Å². The number of terminal acetylenes is 1. The van der Waals surface area contributed by atoms with Crippen molar-refractivity contribution in [3.05, 3.63) is 0 Å². The molecule has 1 aliphatic rings. The Morgan fingerprint density at radius 1 is 1.53 bits per heavy atom. The molecule has 1 fully saturated rings. The molecule has 0 amide bonds. The summed E-state index contributed by atoms with van der Waals surface area (Å²) in [6, 6.07) is 0.473. The number of hydrogen-bond acceptors (Lipinski definition) is 2. The number of nitrogens with one attached hydrogen (secondary N) is 1. The molecule has 0 bridgehead atoms. The maximum Gasteiger partial charge on any atom is 0.0218 e. The van der Waals surface area contributed by atoms with Gasteiger partial charge in [0, 0.05) is 25.6 Å². The highest BCUT2D eigenvalue weighted by Crippen LogP contribution is 2.30. The molecule has 3 N–H and O–H groups in total. The van der Waals surface area contributed by atoms with Crippen molar-refractivity contribution in [2.45, 2.75) is 45.1 Å². The quantitative estimate of drug-likeness (QED) is 0.533. The van der Waals surface area contributed by atoms with E-state index >= 15 is 0 Å². The Morgan fingerprint density at radius 2 is 2.33 bits per heavy atom. The van der Waals surface area contributed by atoms with Crippen molar-refractivity contribution in [2.24, 2.45) is 17.6 Å². The fourth-order valence-electron chi connectivity index (χ4n) is 2.62. The van der Waals surface area contributed by atoms with Crippen LogP contribution in [0.3, 0.4) is 0 Å². The van der Waals surface area contributed by atoms with Crippen LogP contribution in [0, 0.1) is 24.2 Å². The third-order valence-electron chi connectivity index (χ3n) is 3.48. The van der Waals surface area contributed by atoms with Crippen molar-refractivity contribution in [1.29, 1.82) is 0 Å². The Labute approximate surface area is 94.0 Å². The Morgan fingerprint density at radius 3 is 2.93 bits per heavy atom. The lowest BCUT2D eigenvalue weighted by Gasteiger charge is -2.33. The predicted octanol–water partition coefficient (Wildman–Crippen LogP) is 1.75. The third-order valence-corrected chi connectivity index (χ3v) is 3.48. The lowest BCUT2D eigenvalue weighted by molar-refractivity contribution is 0.226. The van der Waals surface area contributed by atoms with E-state index in [0.29, 0.717) is 6.04 Å². The van der Waals surface area contributed by atoms with Gasteiger partial charge in [-0.1, -0.05) is 19.8 Å². The van der Waals surface area contributed by atoms with E-state index in [1.165, 1.54) is 25.7 Å². The van der Waals surface area contributed by atoms with E-state index in [4.69, 9.17) is 12.2 Å². The van der Waals surface area contributed by atoms with E-state index in [-0.39, 0.29) is 0 Å². The molecule has 15 heavy (non-hydrogen) atoms. The molecule has 0 aromatic rings. The van der Waals surface area contributed by atoms with Crippen molar-refractivity contribution in [2.75, 3.05) is 13.1 Å². The van der Waals surface area contributed by atoms with Gasteiger partial charge in [-0.3, -0.25) is 0 Å². The summed E-state index contributed by atoms with van der Waals surface area (Å²) >= 11 is 0. The zero-order valence-corrected chi connectivity index (χ0v) is 9.84. The molecule has 1 rings (SSSR count). The van der Waals surface area contributed by atoms with Gasteiger partial charge in [-0.2, -0.15) is 0 Å². The summed E-state index contributed by atoms with van der Waals surface area (Å²) in [5.74, 6) is 4.28. The molecule has 0 aromatic carbocycles. The molecule has 0 spiro atoms. The van der Waals surface area contributed by atoms with Crippen molar-refractivity contribution >= 4 is 0 Å². The number of hydrogen-bond donors (Lipinski definition) is 2. The minimum absolute atomic E-state index is 0.473. The largest absolute Gasteiger partial charge is 0.329 e. The van der Waals surface area contributed by atoms with E-state index in [1.807, 2.05) is 0 Å². The van der Waals surface area contributed by atoms with Crippen LogP contribution in [0.5, 0.6) is 0 Å². The highest BCUT2D eigenvalue weighted by Gasteiger charge is 2.25. The van der Waals surface area contributed by atoms with Crippen molar-refractivity contribution in [1.82, 2.24) is 5.32 Å². The highest BCUT2D eigenvalue weighted by molar-refractivity contribution is 4.87. The predicted molar refractivity (Wildman–Crippen MR) is 65.4 cm³/mol. The summed E-state index contributed by atoms with van der Waals surface area (Å²) in [6.07, 6.45) is 11.4. The van der Waals surface area contributed by atoms with Gasteiger partial charge in [0.25, 0.3) is 0 Å². The van der Waals surface area contributed by atoms with E-state index in [1.54, 1.807) is 0 Å². The van der Waals surface area contributed by atoms with Crippen LogP contribution in [0.4, 0.5) is 0 Å². The van der Waals surface area contributed by atoms with Crippen LogP contribution in [0.15, 0.2) is 0 Å². The molecule has 3 unspecified atom stereocenters. The summed E-state index contributed by atoms with van der Waals surface area (Å²) in [5, 5.41) is 3.49. The standard InChI is InChI=1S/C13H24N2/c1-3-4-8-15-13(10-14)12-7-5-6-11(2)9-12/h1,11-13,15H,4-10,14H2,2H3. The molecule has 86 valence electrons. The minimum Gasteiger partial charge on any atom is -0.329 e. The second-order valence-electron chi connectivity index (χ2n) is 4.78. The normalized spacial score (nSPS) is 28.3. The van der Waals surface area contributed by atoms with E-state index in [0.717, 1.165) is 31.3 Å². The van der Waals surface area contributed by atoms with E-state index < -0.39 is 0 Å². The average Bonchev–Trinajstić information content (AvgIpc) is 2.24. The smallest absolute Gasteiger partial charge is 0.0218 e. The Balaban J connectivity index is 2.33. The second kappa shape index (κ2) is 6.87. The molecular formula is C13H24N2. The second-order valence-corrected chi connectivity index (χ2v) is 4.78. The Kier molecular flexibility index (Phi) is 5.75. The van der Waals surface area contributed by atoms with Gasteiger partial charge in [0.05, 0.1) is 0 Å². The van der Waals surface area contributed by atoms with Gasteiger partial charge >= 0.3 is 0 Å².